The second-order valence-electron chi connectivity index (χ2n) is 1.34. The standard InChI is InChI=1S/C4H6O2.C2H7N/c1-2-3-4(5)6;1-3-2/h2-3H,1H3,(H,5,6);3H,1-2H3. The molecule has 0 aromatic heterocycles. The van der Waals surface area contributed by atoms with E-state index >= 15 is 0 Å². The average molecular weight is 131 g/mol. The van der Waals surface area contributed by atoms with E-state index in [4.69, 9.17) is 5.11 Å². The Morgan fingerprint density at radius 1 is 1.56 bits per heavy atom. The first-order valence-electron chi connectivity index (χ1n) is 2.63. The number of carbonyl (C=O) groups is 1. The van der Waals surface area contributed by atoms with Gasteiger partial charge in [0, 0.05) is 6.08 Å². The summed E-state index contributed by atoms with van der Waals surface area (Å²) in [6.45, 7) is 1.66. The summed E-state index contributed by atoms with van der Waals surface area (Å²) >= 11 is 0. The molecule has 0 atom stereocenters. The predicted octanol–water partition coefficient (Wildman–Crippen LogP) is 0.483. The SMILES string of the molecule is CC=CC(=O)O.CNC. The quantitative estimate of drug-likeness (QED) is 0.509. The molecule has 0 aromatic carbocycles. The van der Waals surface area contributed by atoms with Gasteiger partial charge in [0.2, 0.25) is 0 Å². The van der Waals surface area contributed by atoms with Crippen molar-refractivity contribution in [3.05, 3.63) is 12.2 Å². The fourth-order valence-corrected chi connectivity index (χ4v) is 0.143. The van der Waals surface area contributed by atoms with Crippen LogP contribution in [0.25, 0.3) is 0 Å². The van der Waals surface area contributed by atoms with Crippen LogP contribution in [0.4, 0.5) is 0 Å². The number of carboxylic acid groups (broad SMARTS) is 1. The lowest BCUT2D eigenvalue weighted by Gasteiger charge is -1.68. The van der Waals surface area contributed by atoms with Crippen LogP contribution in [0.3, 0.4) is 0 Å². The molecule has 0 aliphatic rings. The normalized spacial score (nSPS) is 8.33. The van der Waals surface area contributed by atoms with Crippen LogP contribution in [-0.4, -0.2) is 25.2 Å². The summed E-state index contributed by atoms with van der Waals surface area (Å²) < 4.78 is 0. The third kappa shape index (κ3) is 40.7. The minimum absolute atomic E-state index is 0.891. The lowest BCUT2D eigenvalue weighted by Crippen LogP contribution is -1.89. The van der Waals surface area contributed by atoms with Crippen molar-refractivity contribution in [2.75, 3.05) is 14.1 Å². The monoisotopic (exact) mass is 131 g/mol. The molecule has 9 heavy (non-hydrogen) atoms. The van der Waals surface area contributed by atoms with Crippen molar-refractivity contribution in [2.24, 2.45) is 0 Å². The van der Waals surface area contributed by atoms with Crippen molar-refractivity contribution in [3.63, 3.8) is 0 Å². The maximum atomic E-state index is 9.51. The van der Waals surface area contributed by atoms with Crippen LogP contribution < -0.4 is 5.32 Å². The highest BCUT2D eigenvalue weighted by Crippen LogP contribution is 1.65. The number of allylic oxidation sites excluding steroid dienone is 1. The molecule has 2 N–H and O–H groups in total. The summed E-state index contributed by atoms with van der Waals surface area (Å²) in [6.07, 6.45) is 2.56. The minimum atomic E-state index is -0.891. The Morgan fingerprint density at radius 3 is 1.89 bits per heavy atom. The number of hydrogen-bond donors (Lipinski definition) is 2. The first-order chi connectivity index (χ1) is 4.18. The van der Waals surface area contributed by atoms with Gasteiger partial charge in [0.1, 0.15) is 0 Å². The lowest BCUT2D eigenvalue weighted by atomic mass is 10.5. The van der Waals surface area contributed by atoms with E-state index in [0.29, 0.717) is 0 Å². The van der Waals surface area contributed by atoms with Crippen LogP contribution in [0.2, 0.25) is 0 Å². The Hall–Kier alpha value is -0.830. The molecule has 0 saturated heterocycles. The molecule has 0 radical (unpaired) electrons. The van der Waals surface area contributed by atoms with Crippen molar-refractivity contribution >= 4 is 5.97 Å². The number of aliphatic carboxylic acids is 1. The maximum absolute atomic E-state index is 9.51. The van der Waals surface area contributed by atoms with Gasteiger partial charge in [0.05, 0.1) is 0 Å². The minimum Gasteiger partial charge on any atom is -0.478 e. The second-order valence-corrected chi connectivity index (χ2v) is 1.34. The Morgan fingerprint density at radius 2 is 1.89 bits per heavy atom. The van der Waals surface area contributed by atoms with E-state index in [1.807, 2.05) is 14.1 Å². The molecule has 0 rings (SSSR count). The molecule has 54 valence electrons. The lowest BCUT2D eigenvalue weighted by molar-refractivity contribution is -0.131. The molecule has 0 aromatic rings. The molecule has 3 heteroatoms. The van der Waals surface area contributed by atoms with Gasteiger partial charge in [-0.05, 0) is 21.0 Å². The number of hydrogen-bond acceptors (Lipinski definition) is 2. The zero-order valence-corrected chi connectivity index (χ0v) is 6.01. The molecule has 0 fully saturated rings. The Bertz CT molecular complexity index is 89.1. The van der Waals surface area contributed by atoms with Gasteiger partial charge < -0.3 is 10.4 Å². The maximum Gasteiger partial charge on any atom is 0.327 e. The van der Waals surface area contributed by atoms with Crippen LogP contribution >= 0.6 is 0 Å². The molecule has 0 aliphatic carbocycles. The van der Waals surface area contributed by atoms with E-state index in [0.717, 1.165) is 6.08 Å². The third-order valence-electron chi connectivity index (χ3n) is 0.309. The van der Waals surface area contributed by atoms with Crippen LogP contribution in [0.1, 0.15) is 6.92 Å². The van der Waals surface area contributed by atoms with Crippen molar-refractivity contribution in [3.8, 4) is 0 Å². The molecule has 0 unspecified atom stereocenters. The smallest absolute Gasteiger partial charge is 0.327 e. The topological polar surface area (TPSA) is 49.3 Å². The first kappa shape index (κ1) is 11.0. The molecule has 0 heterocycles. The van der Waals surface area contributed by atoms with E-state index in [2.05, 4.69) is 5.32 Å². The van der Waals surface area contributed by atoms with Gasteiger partial charge >= 0.3 is 5.97 Å². The van der Waals surface area contributed by atoms with Gasteiger partial charge in [-0.2, -0.15) is 0 Å². The van der Waals surface area contributed by atoms with Crippen molar-refractivity contribution in [2.45, 2.75) is 6.92 Å². The molecule has 0 amide bonds. The van der Waals surface area contributed by atoms with Crippen LogP contribution in [0, 0.1) is 0 Å². The second kappa shape index (κ2) is 10.2. The van der Waals surface area contributed by atoms with E-state index < -0.39 is 5.97 Å². The summed E-state index contributed by atoms with van der Waals surface area (Å²) in [5.74, 6) is -0.891. The van der Waals surface area contributed by atoms with Gasteiger partial charge in [-0.1, -0.05) is 6.08 Å². The third-order valence-corrected chi connectivity index (χ3v) is 0.309. The van der Waals surface area contributed by atoms with E-state index in [9.17, 15) is 4.79 Å². The fraction of sp³-hybridized carbons (Fsp3) is 0.500. The predicted molar refractivity (Wildman–Crippen MR) is 37.4 cm³/mol. The van der Waals surface area contributed by atoms with Crippen molar-refractivity contribution < 1.29 is 9.90 Å². The molecule has 0 spiro atoms. The Balaban J connectivity index is 0. The summed E-state index contributed by atoms with van der Waals surface area (Å²) in [5, 5.41) is 10.6. The van der Waals surface area contributed by atoms with Gasteiger partial charge in [0.15, 0.2) is 0 Å². The van der Waals surface area contributed by atoms with E-state index in [1.54, 1.807) is 6.92 Å². The van der Waals surface area contributed by atoms with Crippen LogP contribution in [0.15, 0.2) is 12.2 Å². The van der Waals surface area contributed by atoms with Gasteiger partial charge in [-0.25, -0.2) is 4.79 Å². The van der Waals surface area contributed by atoms with Crippen molar-refractivity contribution in [1.29, 1.82) is 0 Å². The van der Waals surface area contributed by atoms with Crippen LogP contribution in [0.5, 0.6) is 0 Å². The number of rotatable bonds is 1. The summed E-state index contributed by atoms with van der Waals surface area (Å²) in [6, 6.07) is 0. The fourth-order valence-electron chi connectivity index (χ4n) is 0.143. The molecule has 0 bridgehead atoms. The van der Waals surface area contributed by atoms with Gasteiger partial charge in [-0.3, -0.25) is 0 Å². The van der Waals surface area contributed by atoms with Crippen LogP contribution in [-0.2, 0) is 4.79 Å². The number of carboxylic acids is 1. The van der Waals surface area contributed by atoms with Gasteiger partial charge in [0.25, 0.3) is 0 Å². The highest BCUT2D eigenvalue weighted by Gasteiger charge is 1.76. The van der Waals surface area contributed by atoms with E-state index in [1.165, 1.54) is 6.08 Å². The summed E-state index contributed by atoms with van der Waals surface area (Å²) in [5.41, 5.74) is 0. The molecule has 0 aliphatic heterocycles. The van der Waals surface area contributed by atoms with E-state index in [-0.39, 0.29) is 0 Å². The van der Waals surface area contributed by atoms with Crippen molar-refractivity contribution in [1.82, 2.24) is 5.32 Å². The highest BCUT2D eigenvalue weighted by atomic mass is 16.4. The van der Waals surface area contributed by atoms with Gasteiger partial charge in [-0.15, -0.1) is 0 Å². The summed E-state index contributed by atoms with van der Waals surface area (Å²) in [7, 11) is 3.75. The number of nitrogens with one attached hydrogen (secondary N) is 1. The first-order valence-corrected chi connectivity index (χ1v) is 2.63. The largest absolute Gasteiger partial charge is 0.478 e. The molecule has 0 saturated carbocycles. The zero-order chi connectivity index (χ0) is 7.70. The summed E-state index contributed by atoms with van der Waals surface area (Å²) in [4.78, 5) is 9.51. The zero-order valence-electron chi connectivity index (χ0n) is 6.01. The Kier molecular flexibility index (Phi) is 12.5. The highest BCUT2D eigenvalue weighted by molar-refractivity contribution is 5.79. The average Bonchev–Trinajstić information content (AvgIpc) is 1.67. The molecule has 3 nitrogen and oxygen atoms in total. The Labute approximate surface area is 55.4 Å². The molecular formula is C6H13NO2. The molecular weight excluding hydrogens is 118 g/mol.